The number of hydrogen-bond donors (Lipinski definition) is 2. The summed E-state index contributed by atoms with van der Waals surface area (Å²) in [4.78, 5) is 0. The highest BCUT2D eigenvalue weighted by atomic mass is 35.5. The zero-order chi connectivity index (χ0) is 12.5. The van der Waals surface area contributed by atoms with Crippen molar-refractivity contribution >= 4 is 17.4 Å². The van der Waals surface area contributed by atoms with E-state index in [-0.39, 0.29) is 0 Å². The van der Waals surface area contributed by atoms with Gasteiger partial charge in [0.25, 0.3) is 0 Å². The largest absolute Gasteiger partial charge is 0.491 e. The zero-order valence-electron chi connectivity index (χ0n) is 9.82. The molecule has 0 spiro atoms. The van der Waals surface area contributed by atoms with Crippen molar-refractivity contribution in [1.29, 1.82) is 0 Å². The highest BCUT2D eigenvalue weighted by molar-refractivity contribution is 6.32. The van der Waals surface area contributed by atoms with Crippen LogP contribution in [0.15, 0.2) is 24.3 Å². The number of aromatic amines is 1. The number of anilines is 1. The molecule has 0 aliphatic heterocycles. The van der Waals surface area contributed by atoms with Gasteiger partial charge in [0.05, 0.1) is 17.3 Å². The number of hydrogen-bond acceptors (Lipinski definition) is 3. The van der Waals surface area contributed by atoms with Gasteiger partial charge in [-0.3, -0.25) is 5.10 Å². The van der Waals surface area contributed by atoms with E-state index >= 15 is 0 Å². The fraction of sp³-hybridized carbons (Fsp3) is 0.308. The van der Waals surface area contributed by atoms with Crippen LogP contribution >= 0.6 is 11.6 Å². The lowest BCUT2D eigenvalue weighted by atomic mass is 10.1. The Morgan fingerprint density at radius 3 is 2.94 bits per heavy atom. The molecule has 5 heteroatoms. The third-order valence-corrected chi connectivity index (χ3v) is 3.31. The fourth-order valence-corrected chi connectivity index (χ4v) is 2.06. The van der Waals surface area contributed by atoms with Gasteiger partial charge in [-0.15, -0.1) is 0 Å². The number of benzene rings is 1. The molecule has 1 saturated carbocycles. The van der Waals surface area contributed by atoms with E-state index in [1.807, 2.05) is 18.2 Å². The number of para-hydroxylation sites is 1. The number of nitrogens with two attached hydrogens (primary N) is 1. The van der Waals surface area contributed by atoms with Crippen molar-refractivity contribution in [2.24, 2.45) is 5.92 Å². The summed E-state index contributed by atoms with van der Waals surface area (Å²) in [5.41, 5.74) is 7.34. The fourth-order valence-electron chi connectivity index (χ4n) is 1.83. The normalized spacial score (nSPS) is 14.7. The molecule has 0 amide bonds. The highest BCUT2D eigenvalue weighted by Crippen LogP contribution is 2.38. The third kappa shape index (κ3) is 2.29. The van der Waals surface area contributed by atoms with Crippen molar-refractivity contribution in [2.45, 2.75) is 12.8 Å². The lowest BCUT2D eigenvalue weighted by molar-refractivity contribution is 0.301. The van der Waals surface area contributed by atoms with Crippen LogP contribution in [0.3, 0.4) is 0 Å². The molecule has 4 nitrogen and oxygen atoms in total. The predicted octanol–water partition coefficient (Wildman–Crippen LogP) is 3.10. The number of rotatable bonds is 4. The molecule has 0 atom stereocenters. The molecule has 1 fully saturated rings. The van der Waals surface area contributed by atoms with Gasteiger partial charge >= 0.3 is 0 Å². The maximum Gasteiger partial charge on any atom is 0.147 e. The summed E-state index contributed by atoms with van der Waals surface area (Å²) < 4.78 is 5.83. The molecule has 1 aromatic heterocycles. The van der Waals surface area contributed by atoms with Crippen molar-refractivity contribution in [2.75, 3.05) is 12.3 Å². The Morgan fingerprint density at radius 1 is 1.44 bits per heavy atom. The van der Waals surface area contributed by atoms with E-state index in [2.05, 4.69) is 10.2 Å². The average molecular weight is 264 g/mol. The molecule has 0 bridgehead atoms. The van der Waals surface area contributed by atoms with E-state index in [9.17, 15) is 0 Å². The molecule has 1 aliphatic rings. The first-order valence-corrected chi connectivity index (χ1v) is 6.34. The number of nitrogen functional groups attached to an aromatic ring is 1. The van der Waals surface area contributed by atoms with Crippen molar-refractivity contribution in [3.63, 3.8) is 0 Å². The zero-order valence-corrected chi connectivity index (χ0v) is 10.6. The van der Waals surface area contributed by atoms with E-state index in [4.69, 9.17) is 22.1 Å². The summed E-state index contributed by atoms with van der Waals surface area (Å²) >= 11 is 6.20. The average Bonchev–Trinajstić information content (AvgIpc) is 3.08. The van der Waals surface area contributed by atoms with Crippen molar-refractivity contribution in [1.82, 2.24) is 10.2 Å². The first kappa shape index (κ1) is 11.4. The quantitative estimate of drug-likeness (QED) is 0.891. The number of H-pyrrole nitrogens is 1. The number of nitrogens with one attached hydrogen (secondary N) is 1. The van der Waals surface area contributed by atoms with Crippen LogP contribution in [0, 0.1) is 5.92 Å². The smallest absolute Gasteiger partial charge is 0.147 e. The molecule has 0 radical (unpaired) electrons. The Kier molecular flexibility index (Phi) is 2.88. The maximum atomic E-state index is 6.20. The van der Waals surface area contributed by atoms with Gasteiger partial charge in [0.2, 0.25) is 0 Å². The second-order valence-electron chi connectivity index (χ2n) is 4.58. The molecule has 18 heavy (non-hydrogen) atoms. The molecular weight excluding hydrogens is 250 g/mol. The van der Waals surface area contributed by atoms with Crippen LogP contribution in [0.5, 0.6) is 5.75 Å². The monoisotopic (exact) mass is 263 g/mol. The van der Waals surface area contributed by atoms with Gasteiger partial charge in [0.15, 0.2) is 0 Å². The minimum Gasteiger partial charge on any atom is -0.491 e. The summed E-state index contributed by atoms with van der Waals surface area (Å²) in [6, 6.07) is 7.43. The van der Waals surface area contributed by atoms with Crippen LogP contribution in [0.2, 0.25) is 5.02 Å². The Morgan fingerprint density at radius 2 is 2.28 bits per heavy atom. The van der Waals surface area contributed by atoms with E-state index in [1.165, 1.54) is 12.8 Å². The van der Waals surface area contributed by atoms with Crippen LogP contribution in [-0.4, -0.2) is 16.8 Å². The molecule has 1 aliphatic carbocycles. The van der Waals surface area contributed by atoms with Crippen molar-refractivity contribution in [3.05, 3.63) is 29.3 Å². The van der Waals surface area contributed by atoms with Crippen LogP contribution in [-0.2, 0) is 0 Å². The Hall–Kier alpha value is -1.68. The number of aromatic nitrogens is 2. The van der Waals surface area contributed by atoms with Gasteiger partial charge < -0.3 is 10.5 Å². The molecule has 94 valence electrons. The van der Waals surface area contributed by atoms with Gasteiger partial charge in [-0.2, -0.15) is 5.10 Å². The molecular formula is C13H14ClN3O. The van der Waals surface area contributed by atoms with Gasteiger partial charge in [-0.05, 0) is 30.9 Å². The van der Waals surface area contributed by atoms with Gasteiger partial charge in [-0.1, -0.05) is 17.7 Å². The summed E-state index contributed by atoms with van der Waals surface area (Å²) in [5.74, 6) is 1.84. The predicted molar refractivity (Wildman–Crippen MR) is 71.7 cm³/mol. The lowest BCUT2D eigenvalue weighted by Crippen LogP contribution is -2.01. The minimum atomic E-state index is 0.457. The van der Waals surface area contributed by atoms with E-state index in [0.29, 0.717) is 22.5 Å². The van der Waals surface area contributed by atoms with E-state index in [0.717, 1.165) is 17.9 Å². The first-order chi connectivity index (χ1) is 8.74. The molecule has 0 unspecified atom stereocenters. The van der Waals surface area contributed by atoms with Crippen molar-refractivity contribution < 1.29 is 4.74 Å². The first-order valence-electron chi connectivity index (χ1n) is 5.96. The second-order valence-corrected chi connectivity index (χ2v) is 4.98. The van der Waals surface area contributed by atoms with Gasteiger partial charge in [0.1, 0.15) is 11.6 Å². The molecule has 2 aromatic rings. The summed E-state index contributed by atoms with van der Waals surface area (Å²) in [7, 11) is 0. The summed E-state index contributed by atoms with van der Waals surface area (Å²) in [6.45, 7) is 0.723. The number of nitrogens with zero attached hydrogens (tertiary/aromatic N) is 1. The van der Waals surface area contributed by atoms with Crippen LogP contribution < -0.4 is 10.5 Å². The molecule has 3 N–H and O–H groups in total. The molecule has 3 rings (SSSR count). The van der Waals surface area contributed by atoms with Crippen LogP contribution in [0.1, 0.15) is 12.8 Å². The standard InChI is InChI=1S/C13H14ClN3O/c14-10-3-1-2-9(11-6-12(15)17-16-11)13(10)18-7-8-4-5-8/h1-3,6,8H,4-5,7H2,(H3,15,16,17). The SMILES string of the molecule is Nc1cc(-c2cccc(Cl)c2OCC2CC2)[nH]n1. The number of ether oxygens (including phenoxy) is 1. The number of halogens is 1. The van der Waals surface area contributed by atoms with E-state index < -0.39 is 0 Å². The Balaban J connectivity index is 1.93. The third-order valence-electron chi connectivity index (χ3n) is 3.02. The summed E-state index contributed by atoms with van der Waals surface area (Å²) in [5, 5.41) is 7.42. The second kappa shape index (κ2) is 4.53. The van der Waals surface area contributed by atoms with Crippen LogP contribution in [0.25, 0.3) is 11.3 Å². The minimum absolute atomic E-state index is 0.457. The Bertz CT molecular complexity index is 563. The molecule has 1 heterocycles. The topological polar surface area (TPSA) is 63.9 Å². The molecule has 1 aromatic carbocycles. The van der Waals surface area contributed by atoms with Gasteiger partial charge in [0, 0.05) is 11.6 Å². The van der Waals surface area contributed by atoms with E-state index in [1.54, 1.807) is 6.07 Å². The summed E-state index contributed by atoms with van der Waals surface area (Å²) in [6.07, 6.45) is 2.49. The lowest BCUT2D eigenvalue weighted by Gasteiger charge is -2.11. The highest BCUT2D eigenvalue weighted by Gasteiger charge is 2.23. The molecule has 0 saturated heterocycles. The van der Waals surface area contributed by atoms with Gasteiger partial charge in [-0.25, -0.2) is 0 Å². The van der Waals surface area contributed by atoms with Crippen molar-refractivity contribution in [3.8, 4) is 17.0 Å². The Labute approximate surface area is 110 Å². The van der Waals surface area contributed by atoms with Crippen LogP contribution in [0.4, 0.5) is 5.82 Å². The maximum absolute atomic E-state index is 6.20.